The fourth-order valence-electron chi connectivity index (χ4n) is 2.11. The minimum absolute atomic E-state index is 0.0527. The van der Waals surface area contributed by atoms with Gasteiger partial charge in [0.05, 0.1) is 22.7 Å². The maximum Gasteiger partial charge on any atom is 0.275 e. The van der Waals surface area contributed by atoms with E-state index in [4.69, 9.17) is 23.2 Å². The number of benzene rings is 2. The number of nitrogens with zero attached hydrogens (tertiary/aromatic N) is 1. The van der Waals surface area contributed by atoms with Crippen molar-refractivity contribution < 1.29 is 14.7 Å². The molecule has 136 valence electrons. The predicted octanol–water partition coefficient (Wildman–Crippen LogP) is 4.14. The number of nitrogens with one attached hydrogen (secondary N) is 2. The molecule has 0 fully saturated rings. The molecule has 2 aromatic carbocycles. The van der Waals surface area contributed by atoms with E-state index in [0.717, 1.165) is 0 Å². The first-order valence-corrected chi connectivity index (χ1v) is 8.40. The number of anilines is 1. The summed E-state index contributed by atoms with van der Waals surface area (Å²) < 4.78 is 0. The molecule has 6 nitrogen and oxygen atoms in total. The van der Waals surface area contributed by atoms with Crippen LogP contribution in [-0.2, 0) is 4.79 Å². The van der Waals surface area contributed by atoms with E-state index in [2.05, 4.69) is 15.8 Å². The lowest BCUT2D eigenvalue weighted by molar-refractivity contribution is -0.115. The number of aromatic hydroxyl groups is 1. The lowest BCUT2D eigenvalue weighted by Gasteiger charge is -2.08. The summed E-state index contributed by atoms with van der Waals surface area (Å²) in [6.07, 6.45) is -0.0527. The van der Waals surface area contributed by atoms with E-state index in [-0.39, 0.29) is 23.6 Å². The monoisotopic (exact) mass is 393 g/mol. The van der Waals surface area contributed by atoms with E-state index in [1.54, 1.807) is 38.1 Å². The van der Waals surface area contributed by atoms with Crippen LogP contribution in [0.5, 0.6) is 5.75 Å². The Hall–Kier alpha value is -2.57. The van der Waals surface area contributed by atoms with E-state index in [9.17, 15) is 14.7 Å². The average molecular weight is 394 g/mol. The minimum atomic E-state index is -0.566. The Kier molecular flexibility index (Phi) is 6.60. The number of amides is 2. The maximum absolute atomic E-state index is 12.1. The highest BCUT2D eigenvalue weighted by atomic mass is 35.5. The van der Waals surface area contributed by atoms with Crippen LogP contribution in [0, 0.1) is 6.92 Å². The van der Waals surface area contributed by atoms with E-state index in [1.807, 2.05) is 0 Å². The zero-order valence-electron chi connectivity index (χ0n) is 14.1. The maximum atomic E-state index is 12.1. The Morgan fingerprint density at radius 3 is 2.65 bits per heavy atom. The standard InChI is InChI=1S/C18H17Cl2N3O3/c1-10-4-3-5-13(17(10)25)18(26)23-22-11(2)8-16(24)21-15-9-12(19)6-7-14(15)20/h3-7,9,25H,8H2,1-2H3,(H,21,24)(H,23,26)/b22-11+. The van der Waals surface area contributed by atoms with Gasteiger partial charge < -0.3 is 10.4 Å². The first-order valence-electron chi connectivity index (χ1n) is 7.65. The van der Waals surface area contributed by atoms with Gasteiger partial charge in [-0.25, -0.2) is 5.43 Å². The molecule has 0 atom stereocenters. The number of halogens is 2. The van der Waals surface area contributed by atoms with Gasteiger partial charge in [0.2, 0.25) is 5.91 Å². The number of hydrazone groups is 1. The van der Waals surface area contributed by atoms with Crippen LogP contribution in [0.3, 0.4) is 0 Å². The molecular formula is C18H17Cl2N3O3. The third-order valence-electron chi connectivity index (χ3n) is 3.45. The van der Waals surface area contributed by atoms with Crippen LogP contribution >= 0.6 is 23.2 Å². The normalized spacial score (nSPS) is 11.2. The van der Waals surface area contributed by atoms with Gasteiger partial charge in [-0.15, -0.1) is 0 Å². The van der Waals surface area contributed by atoms with Crippen molar-refractivity contribution in [2.75, 3.05) is 5.32 Å². The predicted molar refractivity (Wildman–Crippen MR) is 103 cm³/mol. The van der Waals surface area contributed by atoms with Gasteiger partial charge in [-0.2, -0.15) is 5.10 Å². The highest BCUT2D eigenvalue weighted by Gasteiger charge is 2.12. The number of carbonyl (C=O) groups is 2. The molecule has 0 unspecified atom stereocenters. The molecule has 2 aromatic rings. The van der Waals surface area contributed by atoms with Crippen molar-refractivity contribution in [1.29, 1.82) is 0 Å². The van der Waals surface area contributed by atoms with Crippen molar-refractivity contribution in [3.63, 3.8) is 0 Å². The van der Waals surface area contributed by atoms with Crippen molar-refractivity contribution in [3.05, 3.63) is 57.6 Å². The van der Waals surface area contributed by atoms with Gasteiger partial charge in [0.1, 0.15) is 5.75 Å². The summed E-state index contributed by atoms with van der Waals surface area (Å²) in [5.74, 6) is -1.03. The fraction of sp³-hybridized carbons (Fsp3) is 0.167. The molecule has 26 heavy (non-hydrogen) atoms. The third kappa shape index (κ3) is 5.21. The van der Waals surface area contributed by atoms with Gasteiger partial charge >= 0.3 is 0 Å². The zero-order chi connectivity index (χ0) is 19.3. The number of rotatable bonds is 5. The van der Waals surface area contributed by atoms with Crippen LogP contribution in [0.25, 0.3) is 0 Å². The second-order valence-corrected chi connectivity index (χ2v) is 6.45. The van der Waals surface area contributed by atoms with Crippen LogP contribution in [0.15, 0.2) is 41.5 Å². The van der Waals surface area contributed by atoms with Crippen LogP contribution in [0.2, 0.25) is 10.0 Å². The van der Waals surface area contributed by atoms with Crippen LogP contribution in [0.4, 0.5) is 5.69 Å². The lowest BCUT2D eigenvalue weighted by atomic mass is 10.1. The van der Waals surface area contributed by atoms with Crippen molar-refractivity contribution in [2.24, 2.45) is 5.10 Å². The smallest absolute Gasteiger partial charge is 0.275 e. The quantitative estimate of drug-likeness (QED) is 0.526. The molecule has 0 aromatic heterocycles. The SMILES string of the molecule is C/C(CC(=O)Nc1cc(Cl)ccc1Cl)=N\NC(=O)c1cccc(C)c1O. The van der Waals surface area contributed by atoms with Gasteiger partial charge in [-0.3, -0.25) is 9.59 Å². The molecule has 0 bridgehead atoms. The van der Waals surface area contributed by atoms with Crippen LogP contribution in [0.1, 0.15) is 29.3 Å². The van der Waals surface area contributed by atoms with Crippen molar-refractivity contribution in [1.82, 2.24) is 5.43 Å². The molecule has 0 heterocycles. The Bertz CT molecular complexity index is 882. The minimum Gasteiger partial charge on any atom is -0.507 e. The first-order chi connectivity index (χ1) is 12.3. The van der Waals surface area contributed by atoms with Crippen LogP contribution < -0.4 is 10.7 Å². The topological polar surface area (TPSA) is 90.8 Å². The van der Waals surface area contributed by atoms with Gasteiger partial charge in [0.25, 0.3) is 5.91 Å². The van der Waals surface area contributed by atoms with Crippen molar-refractivity contribution in [2.45, 2.75) is 20.3 Å². The summed E-state index contributed by atoms with van der Waals surface area (Å²) in [5, 5.41) is 17.2. The van der Waals surface area contributed by atoms with E-state index < -0.39 is 5.91 Å². The number of hydrogen-bond donors (Lipinski definition) is 3. The first kappa shape index (κ1) is 19.8. The summed E-state index contributed by atoms with van der Waals surface area (Å²) in [4.78, 5) is 24.1. The fourth-order valence-corrected chi connectivity index (χ4v) is 2.45. The van der Waals surface area contributed by atoms with E-state index in [1.165, 1.54) is 12.1 Å². The van der Waals surface area contributed by atoms with Crippen LogP contribution in [-0.4, -0.2) is 22.6 Å². The number of para-hydroxylation sites is 1. The lowest BCUT2D eigenvalue weighted by Crippen LogP contribution is -2.21. The largest absolute Gasteiger partial charge is 0.507 e. The second kappa shape index (κ2) is 8.69. The summed E-state index contributed by atoms with van der Waals surface area (Å²) in [7, 11) is 0. The second-order valence-electron chi connectivity index (χ2n) is 5.61. The van der Waals surface area contributed by atoms with Crippen molar-refractivity contribution >= 4 is 46.4 Å². The number of carbonyl (C=O) groups excluding carboxylic acids is 2. The van der Waals surface area contributed by atoms with Gasteiger partial charge in [-0.1, -0.05) is 35.3 Å². The molecule has 8 heteroatoms. The van der Waals surface area contributed by atoms with Crippen molar-refractivity contribution in [3.8, 4) is 5.75 Å². The summed E-state index contributed by atoms with van der Waals surface area (Å²) in [6, 6.07) is 9.55. The van der Waals surface area contributed by atoms with Gasteiger partial charge in [0.15, 0.2) is 0 Å². The summed E-state index contributed by atoms with van der Waals surface area (Å²) in [6.45, 7) is 3.28. The number of phenolic OH excluding ortho intramolecular Hbond substituents is 1. The molecule has 0 radical (unpaired) electrons. The Morgan fingerprint density at radius 1 is 1.19 bits per heavy atom. The summed E-state index contributed by atoms with van der Waals surface area (Å²) >= 11 is 11.9. The molecule has 0 spiro atoms. The molecule has 0 saturated heterocycles. The summed E-state index contributed by atoms with van der Waals surface area (Å²) in [5.41, 5.74) is 3.78. The molecule has 3 N–H and O–H groups in total. The molecule has 0 aliphatic rings. The Labute approximate surface area is 160 Å². The number of hydrogen-bond acceptors (Lipinski definition) is 4. The Balaban J connectivity index is 1.97. The highest BCUT2D eigenvalue weighted by Crippen LogP contribution is 2.25. The number of aryl methyl sites for hydroxylation is 1. The van der Waals surface area contributed by atoms with Gasteiger partial charge in [-0.05, 0) is 43.7 Å². The average Bonchev–Trinajstić information content (AvgIpc) is 2.58. The molecule has 2 amide bonds. The third-order valence-corrected chi connectivity index (χ3v) is 4.01. The zero-order valence-corrected chi connectivity index (χ0v) is 15.6. The Morgan fingerprint density at radius 2 is 1.92 bits per heavy atom. The molecule has 0 aliphatic heterocycles. The van der Waals surface area contributed by atoms with E-state index in [0.29, 0.717) is 27.0 Å². The highest BCUT2D eigenvalue weighted by molar-refractivity contribution is 6.35. The molecule has 2 rings (SSSR count). The molecular weight excluding hydrogens is 377 g/mol. The molecule has 0 aliphatic carbocycles. The molecule has 0 saturated carbocycles. The van der Waals surface area contributed by atoms with Gasteiger partial charge in [0, 0.05) is 10.7 Å². The number of phenols is 1. The van der Waals surface area contributed by atoms with E-state index >= 15 is 0 Å².